The Balaban J connectivity index is 1.94. The quantitative estimate of drug-likeness (QED) is 0.844. The molecule has 0 aliphatic heterocycles. The molecular formula is C12H19N5S. The maximum atomic E-state index is 6.29. The second-order valence-electron chi connectivity index (χ2n) is 5.01. The highest BCUT2D eigenvalue weighted by atomic mass is 32.1. The molecule has 0 aromatic carbocycles. The number of aromatic nitrogens is 4. The molecular weight excluding hydrogens is 246 g/mol. The van der Waals surface area contributed by atoms with Crippen LogP contribution in [0, 0.1) is 0 Å². The molecule has 2 unspecified atom stereocenters. The first-order valence-electron chi connectivity index (χ1n) is 6.76. The molecule has 2 atom stereocenters. The minimum absolute atomic E-state index is 0.251. The van der Waals surface area contributed by atoms with E-state index in [9.17, 15) is 0 Å². The molecule has 2 heterocycles. The van der Waals surface area contributed by atoms with Gasteiger partial charge < -0.3 is 5.73 Å². The first-order chi connectivity index (χ1) is 8.79. The van der Waals surface area contributed by atoms with Crippen molar-refractivity contribution in [2.75, 3.05) is 0 Å². The summed E-state index contributed by atoms with van der Waals surface area (Å²) in [5, 5.41) is 14.1. The van der Waals surface area contributed by atoms with Crippen LogP contribution in [0.3, 0.4) is 0 Å². The van der Waals surface area contributed by atoms with E-state index in [-0.39, 0.29) is 6.04 Å². The molecule has 1 fully saturated rings. The number of nitrogens with two attached hydrogens (primary N) is 1. The van der Waals surface area contributed by atoms with Gasteiger partial charge in [-0.25, -0.2) is 0 Å². The van der Waals surface area contributed by atoms with E-state index in [0.717, 1.165) is 35.1 Å². The summed E-state index contributed by atoms with van der Waals surface area (Å²) in [7, 11) is 0. The van der Waals surface area contributed by atoms with E-state index < -0.39 is 0 Å². The van der Waals surface area contributed by atoms with E-state index >= 15 is 0 Å². The Hall–Kier alpha value is -1.01. The van der Waals surface area contributed by atoms with Crippen molar-refractivity contribution in [3.8, 4) is 0 Å². The highest BCUT2D eigenvalue weighted by molar-refractivity contribution is 7.16. The van der Waals surface area contributed by atoms with Gasteiger partial charge in [-0.2, -0.15) is 9.61 Å². The van der Waals surface area contributed by atoms with Crippen molar-refractivity contribution in [2.45, 2.75) is 57.4 Å². The molecule has 0 radical (unpaired) electrons. The van der Waals surface area contributed by atoms with Crippen LogP contribution >= 0.6 is 11.3 Å². The van der Waals surface area contributed by atoms with Crippen LogP contribution in [0.1, 0.15) is 55.8 Å². The Morgan fingerprint density at radius 2 is 2.11 bits per heavy atom. The third-order valence-corrected chi connectivity index (χ3v) is 4.80. The van der Waals surface area contributed by atoms with E-state index in [4.69, 9.17) is 5.73 Å². The smallest absolute Gasteiger partial charge is 0.234 e. The Bertz CT molecular complexity index is 532. The highest BCUT2D eigenvalue weighted by Crippen LogP contribution is 2.33. The minimum atomic E-state index is 0.251. The van der Waals surface area contributed by atoms with Crippen molar-refractivity contribution < 1.29 is 0 Å². The molecule has 0 spiro atoms. The van der Waals surface area contributed by atoms with Crippen LogP contribution in [-0.4, -0.2) is 25.9 Å². The van der Waals surface area contributed by atoms with Gasteiger partial charge in [0.05, 0.1) is 0 Å². The average Bonchev–Trinajstić information content (AvgIpc) is 2.86. The number of nitrogens with zero attached hydrogens (tertiary/aromatic N) is 4. The molecule has 1 aliphatic carbocycles. The van der Waals surface area contributed by atoms with Crippen LogP contribution < -0.4 is 5.73 Å². The van der Waals surface area contributed by atoms with Crippen molar-refractivity contribution in [1.82, 2.24) is 19.8 Å². The minimum Gasteiger partial charge on any atom is -0.327 e. The topological polar surface area (TPSA) is 69.1 Å². The highest BCUT2D eigenvalue weighted by Gasteiger charge is 2.26. The normalized spacial score (nSPS) is 25.4. The number of fused-ring (bicyclic) bond motifs is 1. The Kier molecular flexibility index (Phi) is 3.30. The van der Waals surface area contributed by atoms with E-state index in [1.165, 1.54) is 19.3 Å². The van der Waals surface area contributed by atoms with Gasteiger partial charge in [0, 0.05) is 18.4 Å². The summed E-state index contributed by atoms with van der Waals surface area (Å²) in [6.07, 6.45) is 6.95. The van der Waals surface area contributed by atoms with Crippen molar-refractivity contribution in [1.29, 1.82) is 0 Å². The summed E-state index contributed by atoms with van der Waals surface area (Å²) < 4.78 is 1.89. The molecule has 0 bridgehead atoms. The summed E-state index contributed by atoms with van der Waals surface area (Å²) in [4.78, 5) is 0.901. The second kappa shape index (κ2) is 4.93. The maximum Gasteiger partial charge on any atom is 0.234 e. The monoisotopic (exact) mass is 265 g/mol. The van der Waals surface area contributed by atoms with Gasteiger partial charge >= 0.3 is 0 Å². The van der Waals surface area contributed by atoms with E-state index in [1.807, 2.05) is 4.52 Å². The van der Waals surface area contributed by atoms with Crippen molar-refractivity contribution in [2.24, 2.45) is 5.73 Å². The van der Waals surface area contributed by atoms with Gasteiger partial charge in [0.15, 0.2) is 5.82 Å². The molecule has 3 rings (SSSR count). The van der Waals surface area contributed by atoms with E-state index in [1.54, 1.807) is 11.3 Å². The summed E-state index contributed by atoms with van der Waals surface area (Å²) in [5.74, 6) is 1.35. The molecule has 2 aromatic heterocycles. The van der Waals surface area contributed by atoms with Crippen LogP contribution in [-0.2, 0) is 6.42 Å². The van der Waals surface area contributed by atoms with Gasteiger partial charge in [-0.05, 0) is 12.8 Å². The fraction of sp³-hybridized carbons (Fsp3) is 0.750. The lowest BCUT2D eigenvalue weighted by Gasteiger charge is -2.17. The number of rotatable bonds is 2. The predicted molar refractivity (Wildman–Crippen MR) is 71.8 cm³/mol. The van der Waals surface area contributed by atoms with Crippen LogP contribution in [0.4, 0.5) is 0 Å². The predicted octanol–water partition coefficient (Wildman–Crippen LogP) is 2.12. The Morgan fingerprint density at radius 3 is 2.94 bits per heavy atom. The molecule has 5 nitrogen and oxygen atoms in total. The zero-order valence-electron chi connectivity index (χ0n) is 10.7. The molecule has 2 aromatic rings. The van der Waals surface area contributed by atoms with Crippen LogP contribution in [0.15, 0.2) is 0 Å². The summed E-state index contributed by atoms with van der Waals surface area (Å²) in [6, 6.07) is 0.251. The summed E-state index contributed by atoms with van der Waals surface area (Å²) in [5.41, 5.74) is 6.29. The van der Waals surface area contributed by atoms with Gasteiger partial charge in [-0.1, -0.05) is 37.5 Å². The molecule has 2 N–H and O–H groups in total. The Morgan fingerprint density at radius 1 is 1.28 bits per heavy atom. The Labute approximate surface area is 110 Å². The molecule has 0 amide bonds. The standard InChI is InChI=1S/C12H19N5S/c1-2-10-14-15-12-17(10)16-11(18-12)8-6-4-3-5-7-9(8)13/h8-9H,2-7,13H2,1H3. The third-order valence-electron chi connectivity index (χ3n) is 3.77. The number of aryl methyl sites for hydroxylation is 1. The zero-order valence-corrected chi connectivity index (χ0v) is 11.5. The lowest BCUT2D eigenvalue weighted by molar-refractivity contribution is 0.498. The van der Waals surface area contributed by atoms with Crippen molar-refractivity contribution in [3.63, 3.8) is 0 Å². The number of hydrogen-bond acceptors (Lipinski definition) is 5. The average molecular weight is 265 g/mol. The summed E-state index contributed by atoms with van der Waals surface area (Å²) in [6.45, 7) is 2.08. The second-order valence-corrected chi connectivity index (χ2v) is 6.00. The van der Waals surface area contributed by atoms with Gasteiger partial charge in [-0.3, -0.25) is 0 Å². The van der Waals surface area contributed by atoms with Crippen LogP contribution in [0.2, 0.25) is 0 Å². The molecule has 1 saturated carbocycles. The molecule has 0 saturated heterocycles. The van der Waals surface area contributed by atoms with Gasteiger partial charge in [0.2, 0.25) is 4.96 Å². The summed E-state index contributed by atoms with van der Waals surface area (Å²) >= 11 is 1.65. The van der Waals surface area contributed by atoms with Gasteiger partial charge in [0.25, 0.3) is 0 Å². The van der Waals surface area contributed by atoms with Gasteiger partial charge in [0.1, 0.15) is 5.01 Å². The van der Waals surface area contributed by atoms with E-state index in [0.29, 0.717) is 5.92 Å². The molecule has 1 aliphatic rings. The first-order valence-corrected chi connectivity index (χ1v) is 7.58. The van der Waals surface area contributed by atoms with Crippen LogP contribution in [0.25, 0.3) is 4.96 Å². The lowest BCUT2D eigenvalue weighted by atomic mass is 9.96. The van der Waals surface area contributed by atoms with Crippen molar-refractivity contribution in [3.05, 3.63) is 10.8 Å². The molecule has 18 heavy (non-hydrogen) atoms. The first kappa shape index (κ1) is 12.0. The van der Waals surface area contributed by atoms with Gasteiger partial charge in [-0.15, -0.1) is 10.2 Å². The fourth-order valence-corrected chi connectivity index (χ4v) is 3.75. The lowest BCUT2D eigenvalue weighted by Crippen LogP contribution is -2.27. The third kappa shape index (κ3) is 2.03. The number of hydrogen-bond donors (Lipinski definition) is 1. The molecule has 6 heteroatoms. The zero-order chi connectivity index (χ0) is 12.5. The SMILES string of the molecule is CCc1nnc2sc(C3CCCCCC3N)nn12. The maximum absolute atomic E-state index is 6.29. The van der Waals surface area contributed by atoms with Crippen LogP contribution in [0.5, 0.6) is 0 Å². The van der Waals surface area contributed by atoms with E-state index in [2.05, 4.69) is 22.2 Å². The molecule has 98 valence electrons. The fourth-order valence-electron chi connectivity index (χ4n) is 2.69. The van der Waals surface area contributed by atoms with Crippen molar-refractivity contribution >= 4 is 16.3 Å². The largest absolute Gasteiger partial charge is 0.327 e.